The summed E-state index contributed by atoms with van der Waals surface area (Å²) in [5.41, 5.74) is 2.82. The smallest absolute Gasteiger partial charge is 0.316 e. The molecular weight excluding hydrogens is 236 g/mol. The van der Waals surface area contributed by atoms with Crippen LogP contribution in [0.1, 0.15) is 20.3 Å². The van der Waals surface area contributed by atoms with Gasteiger partial charge in [-0.3, -0.25) is 16.0 Å². The lowest BCUT2D eigenvalue weighted by Crippen LogP contribution is -2.21. The van der Waals surface area contributed by atoms with Crippen LogP contribution < -0.4 is 16.6 Å². The number of hydrogen-bond donors (Lipinski definition) is 4. The van der Waals surface area contributed by atoms with Gasteiger partial charge >= 0.3 is 5.69 Å². The van der Waals surface area contributed by atoms with Crippen LogP contribution in [0.3, 0.4) is 0 Å². The van der Waals surface area contributed by atoms with E-state index in [-0.39, 0.29) is 17.4 Å². The quantitative estimate of drug-likeness (QED) is 0.347. The number of anilines is 2. The zero-order valence-electron chi connectivity index (χ0n) is 10.4. The van der Waals surface area contributed by atoms with Crippen LogP contribution in [0.5, 0.6) is 0 Å². The summed E-state index contributed by atoms with van der Waals surface area (Å²) in [5.74, 6) is 5.25. The molecule has 1 aromatic rings. The fraction of sp³-hybridized carbons (Fsp3) is 0.455. The van der Waals surface area contributed by atoms with Gasteiger partial charge in [0, 0.05) is 6.04 Å². The van der Waals surface area contributed by atoms with E-state index in [9.17, 15) is 15.2 Å². The van der Waals surface area contributed by atoms with Gasteiger partial charge in [-0.2, -0.15) is 0 Å². The Hall–Kier alpha value is -1.86. The SMILES string of the molecule is CC(O)CC(C)Nc1cccc(NN)c1[N+](=O)[O-]. The lowest BCUT2D eigenvalue weighted by molar-refractivity contribution is -0.383. The number of benzene rings is 1. The molecule has 100 valence electrons. The number of nitro groups is 1. The van der Waals surface area contributed by atoms with E-state index in [2.05, 4.69) is 10.7 Å². The molecule has 0 aromatic heterocycles. The molecule has 2 unspecified atom stereocenters. The van der Waals surface area contributed by atoms with Gasteiger partial charge in [0.1, 0.15) is 11.4 Å². The van der Waals surface area contributed by atoms with Gasteiger partial charge in [-0.15, -0.1) is 0 Å². The average Bonchev–Trinajstić information content (AvgIpc) is 2.26. The minimum Gasteiger partial charge on any atom is -0.393 e. The van der Waals surface area contributed by atoms with E-state index in [1.807, 2.05) is 6.92 Å². The fourth-order valence-electron chi connectivity index (χ4n) is 1.81. The third-order valence-electron chi connectivity index (χ3n) is 2.47. The van der Waals surface area contributed by atoms with Crippen LogP contribution in [0.2, 0.25) is 0 Å². The second-order valence-electron chi connectivity index (χ2n) is 4.23. The van der Waals surface area contributed by atoms with Crippen molar-refractivity contribution in [2.24, 2.45) is 5.84 Å². The van der Waals surface area contributed by atoms with Gasteiger partial charge in [-0.1, -0.05) is 6.07 Å². The van der Waals surface area contributed by atoms with Gasteiger partial charge in [-0.05, 0) is 32.4 Å². The first-order valence-electron chi connectivity index (χ1n) is 5.64. The molecule has 0 saturated heterocycles. The molecule has 7 nitrogen and oxygen atoms in total. The summed E-state index contributed by atoms with van der Waals surface area (Å²) in [4.78, 5) is 10.5. The molecule has 18 heavy (non-hydrogen) atoms. The summed E-state index contributed by atoms with van der Waals surface area (Å²) < 4.78 is 0. The van der Waals surface area contributed by atoms with Gasteiger partial charge in [0.15, 0.2) is 0 Å². The lowest BCUT2D eigenvalue weighted by atomic mass is 10.1. The minimum atomic E-state index is -0.493. The van der Waals surface area contributed by atoms with Gasteiger partial charge in [0.25, 0.3) is 0 Å². The molecule has 0 bridgehead atoms. The molecule has 1 rings (SSSR count). The molecule has 7 heteroatoms. The fourth-order valence-corrected chi connectivity index (χ4v) is 1.81. The van der Waals surface area contributed by atoms with E-state index in [1.165, 1.54) is 6.07 Å². The van der Waals surface area contributed by atoms with Crippen molar-refractivity contribution in [2.75, 3.05) is 10.7 Å². The Kier molecular flexibility index (Phi) is 4.87. The molecular formula is C11H18N4O3. The van der Waals surface area contributed by atoms with Gasteiger partial charge < -0.3 is 15.8 Å². The molecule has 1 aromatic carbocycles. The summed E-state index contributed by atoms with van der Waals surface area (Å²) in [6, 6.07) is 4.72. The Morgan fingerprint density at radius 3 is 2.56 bits per heavy atom. The van der Waals surface area contributed by atoms with Crippen LogP contribution in [0, 0.1) is 10.1 Å². The van der Waals surface area contributed by atoms with E-state index in [0.29, 0.717) is 12.1 Å². The van der Waals surface area contributed by atoms with Crippen molar-refractivity contribution >= 4 is 17.1 Å². The number of para-hydroxylation sites is 1. The lowest BCUT2D eigenvalue weighted by Gasteiger charge is -2.17. The van der Waals surface area contributed by atoms with E-state index >= 15 is 0 Å². The predicted octanol–water partition coefficient (Wildman–Crippen LogP) is 1.45. The van der Waals surface area contributed by atoms with Crippen LogP contribution in [-0.4, -0.2) is 22.2 Å². The molecule has 0 aliphatic carbocycles. The van der Waals surface area contributed by atoms with E-state index in [0.717, 1.165) is 0 Å². The highest BCUT2D eigenvalue weighted by Crippen LogP contribution is 2.32. The van der Waals surface area contributed by atoms with Crippen LogP contribution in [0.15, 0.2) is 18.2 Å². The van der Waals surface area contributed by atoms with Crippen molar-refractivity contribution in [3.05, 3.63) is 28.3 Å². The maximum atomic E-state index is 11.0. The van der Waals surface area contributed by atoms with Gasteiger partial charge in [0.2, 0.25) is 0 Å². The van der Waals surface area contributed by atoms with Crippen molar-refractivity contribution < 1.29 is 10.0 Å². The number of nitrogens with two attached hydrogens (primary N) is 1. The van der Waals surface area contributed by atoms with E-state index < -0.39 is 11.0 Å². The molecule has 2 atom stereocenters. The molecule has 0 aliphatic rings. The number of nitrogens with one attached hydrogen (secondary N) is 2. The largest absolute Gasteiger partial charge is 0.393 e. The monoisotopic (exact) mass is 254 g/mol. The molecule has 5 N–H and O–H groups in total. The highest BCUT2D eigenvalue weighted by Gasteiger charge is 2.20. The highest BCUT2D eigenvalue weighted by atomic mass is 16.6. The zero-order chi connectivity index (χ0) is 13.7. The topological polar surface area (TPSA) is 113 Å². The van der Waals surface area contributed by atoms with Crippen molar-refractivity contribution in [2.45, 2.75) is 32.4 Å². The third kappa shape index (κ3) is 3.57. The average molecular weight is 254 g/mol. The second kappa shape index (κ2) is 6.18. The summed E-state index contributed by atoms with van der Waals surface area (Å²) in [6.45, 7) is 3.52. The molecule has 0 heterocycles. The number of hydrogen-bond acceptors (Lipinski definition) is 6. The van der Waals surface area contributed by atoms with Crippen molar-refractivity contribution in [1.82, 2.24) is 0 Å². The van der Waals surface area contributed by atoms with Crippen molar-refractivity contribution in [3.8, 4) is 0 Å². The van der Waals surface area contributed by atoms with Gasteiger partial charge in [-0.25, -0.2) is 0 Å². The van der Waals surface area contributed by atoms with Crippen LogP contribution >= 0.6 is 0 Å². The first kappa shape index (κ1) is 14.2. The van der Waals surface area contributed by atoms with E-state index in [1.54, 1.807) is 19.1 Å². The Balaban J connectivity index is 2.98. The summed E-state index contributed by atoms with van der Waals surface area (Å²) in [5, 5.41) is 23.3. The minimum absolute atomic E-state index is 0.0864. The first-order valence-corrected chi connectivity index (χ1v) is 5.64. The molecule has 0 saturated carbocycles. The summed E-state index contributed by atoms with van der Waals surface area (Å²) >= 11 is 0. The normalized spacial score (nSPS) is 13.8. The Morgan fingerprint density at radius 1 is 1.44 bits per heavy atom. The highest BCUT2D eigenvalue weighted by molar-refractivity contribution is 5.75. The number of aliphatic hydroxyl groups excluding tert-OH is 1. The number of nitrogen functional groups attached to an aromatic ring is 1. The van der Waals surface area contributed by atoms with Crippen LogP contribution in [0.25, 0.3) is 0 Å². The van der Waals surface area contributed by atoms with Crippen LogP contribution in [0.4, 0.5) is 17.1 Å². The Bertz CT molecular complexity index is 423. The maximum Gasteiger partial charge on any atom is 0.316 e. The summed E-state index contributed by atoms with van der Waals surface area (Å²) in [6.07, 6.45) is 0.0274. The Morgan fingerprint density at radius 2 is 2.06 bits per heavy atom. The molecule has 0 spiro atoms. The molecule has 0 radical (unpaired) electrons. The standard InChI is InChI=1S/C11H18N4O3/c1-7(6-8(2)16)13-9-4-3-5-10(14-12)11(9)15(17)18/h3-5,7-8,13-14,16H,6,12H2,1-2H3. The zero-order valence-corrected chi connectivity index (χ0v) is 10.4. The van der Waals surface area contributed by atoms with Crippen LogP contribution in [-0.2, 0) is 0 Å². The number of aliphatic hydroxyl groups is 1. The second-order valence-corrected chi connectivity index (χ2v) is 4.23. The molecule has 0 aliphatic heterocycles. The number of rotatable bonds is 6. The first-order chi connectivity index (χ1) is 8.45. The van der Waals surface area contributed by atoms with Crippen molar-refractivity contribution in [1.29, 1.82) is 0 Å². The Labute approximate surface area is 105 Å². The number of hydrazine groups is 1. The summed E-state index contributed by atoms with van der Waals surface area (Å²) in [7, 11) is 0. The van der Waals surface area contributed by atoms with Gasteiger partial charge in [0.05, 0.1) is 11.0 Å². The van der Waals surface area contributed by atoms with E-state index in [4.69, 9.17) is 5.84 Å². The third-order valence-corrected chi connectivity index (χ3v) is 2.47. The molecule has 0 fully saturated rings. The molecule has 0 amide bonds. The number of nitro benzene ring substituents is 1. The predicted molar refractivity (Wildman–Crippen MR) is 70.3 cm³/mol. The maximum absolute atomic E-state index is 11.0. The number of nitrogens with zero attached hydrogens (tertiary/aromatic N) is 1. The van der Waals surface area contributed by atoms with Crippen molar-refractivity contribution in [3.63, 3.8) is 0 Å².